The summed E-state index contributed by atoms with van der Waals surface area (Å²) in [5.74, 6) is 0.860. The molecular weight excluding hydrogens is 357 g/mol. The maximum absolute atomic E-state index is 10.0. The molecule has 0 aliphatic carbocycles. The summed E-state index contributed by atoms with van der Waals surface area (Å²) < 4.78 is 0. The number of aryl methyl sites for hydroxylation is 1. The summed E-state index contributed by atoms with van der Waals surface area (Å²) >= 11 is 6.17. The minimum atomic E-state index is 0. The van der Waals surface area contributed by atoms with Crippen molar-refractivity contribution in [1.82, 2.24) is 5.01 Å². The van der Waals surface area contributed by atoms with Crippen molar-refractivity contribution in [1.29, 1.82) is 5.41 Å². The van der Waals surface area contributed by atoms with Gasteiger partial charge >= 0.3 is 0 Å². The zero-order valence-corrected chi connectivity index (χ0v) is 15.5. The van der Waals surface area contributed by atoms with E-state index in [1.54, 1.807) is 17.1 Å². The second kappa shape index (κ2) is 8.37. The highest BCUT2D eigenvalue weighted by molar-refractivity contribution is 6.31. The summed E-state index contributed by atoms with van der Waals surface area (Å²) in [6, 6.07) is 14.9. The smallest absolute Gasteiger partial charge is 0.124 e. The third kappa shape index (κ3) is 4.33. The lowest BCUT2D eigenvalue weighted by Crippen LogP contribution is -2.25. The summed E-state index contributed by atoms with van der Waals surface area (Å²) in [5, 5.41) is 25.4. The van der Waals surface area contributed by atoms with Crippen molar-refractivity contribution in [2.75, 3.05) is 6.54 Å². The predicted octanol–water partition coefficient (Wildman–Crippen LogP) is 4.73. The molecule has 1 unspecified atom stereocenters. The van der Waals surface area contributed by atoms with Gasteiger partial charge in [0.25, 0.3) is 0 Å². The summed E-state index contributed by atoms with van der Waals surface area (Å²) in [5.41, 5.74) is 2.61. The van der Waals surface area contributed by atoms with Crippen LogP contribution in [0.4, 0.5) is 0 Å². The second-order valence-corrected chi connectivity index (χ2v) is 6.43. The number of nitrogens with one attached hydrogen (secondary N) is 1. The van der Waals surface area contributed by atoms with E-state index in [1.165, 1.54) is 0 Å². The molecule has 0 radical (unpaired) electrons. The molecule has 2 N–H and O–H groups in total. The first kappa shape index (κ1) is 19.3. The Morgan fingerprint density at radius 3 is 2.64 bits per heavy atom. The molecular formula is C19H21Cl2N3O. The Hall–Kier alpha value is -2.04. The summed E-state index contributed by atoms with van der Waals surface area (Å²) in [6.45, 7) is 2.72. The van der Waals surface area contributed by atoms with E-state index in [0.717, 1.165) is 21.9 Å². The van der Waals surface area contributed by atoms with Crippen molar-refractivity contribution in [3.05, 3.63) is 64.7 Å². The lowest BCUT2D eigenvalue weighted by Gasteiger charge is -2.15. The van der Waals surface area contributed by atoms with Crippen LogP contribution in [0.25, 0.3) is 0 Å². The molecule has 1 aliphatic heterocycles. The second-order valence-electron chi connectivity index (χ2n) is 6.02. The molecule has 1 aliphatic rings. The fourth-order valence-electron chi connectivity index (χ4n) is 2.88. The number of phenolic OH excluding ortho intramolecular Hbond substituents is 1. The first-order valence-electron chi connectivity index (χ1n) is 8.01. The van der Waals surface area contributed by atoms with Crippen LogP contribution in [0.3, 0.4) is 0 Å². The number of hydrazone groups is 1. The van der Waals surface area contributed by atoms with Crippen molar-refractivity contribution >= 4 is 35.6 Å². The lowest BCUT2D eigenvalue weighted by atomic mass is 9.98. The van der Waals surface area contributed by atoms with Gasteiger partial charge in [-0.2, -0.15) is 5.10 Å². The van der Waals surface area contributed by atoms with E-state index in [-0.39, 0.29) is 24.1 Å². The number of nitrogens with zero attached hydrogens (tertiary/aromatic N) is 2. The van der Waals surface area contributed by atoms with Gasteiger partial charge in [-0.15, -0.1) is 12.4 Å². The average molecular weight is 378 g/mol. The molecule has 0 aromatic heterocycles. The Bertz CT molecular complexity index is 792. The Kier molecular flexibility index (Phi) is 6.45. The number of hydrogen-bond donors (Lipinski definition) is 2. The normalized spacial score (nSPS) is 16.3. The predicted molar refractivity (Wildman–Crippen MR) is 105 cm³/mol. The molecule has 1 heterocycles. The maximum Gasteiger partial charge on any atom is 0.124 e. The highest BCUT2D eigenvalue weighted by Crippen LogP contribution is 2.26. The summed E-state index contributed by atoms with van der Waals surface area (Å²) in [6.07, 6.45) is 1.29. The van der Waals surface area contributed by atoms with Crippen molar-refractivity contribution in [2.45, 2.75) is 19.8 Å². The number of amidine groups is 1. The zero-order valence-electron chi connectivity index (χ0n) is 13.9. The number of para-hydroxylation sites is 1. The molecule has 2 aromatic rings. The van der Waals surface area contributed by atoms with Crippen LogP contribution in [0.2, 0.25) is 5.02 Å². The number of phenols is 1. The fourth-order valence-corrected chi connectivity index (χ4v) is 3.11. The van der Waals surface area contributed by atoms with Crippen LogP contribution >= 0.6 is 24.0 Å². The highest BCUT2D eigenvalue weighted by atomic mass is 35.5. The van der Waals surface area contributed by atoms with Gasteiger partial charge in [0.05, 0.1) is 12.3 Å². The van der Waals surface area contributed by atoms with E-state index in [2.05, 4.69) is 12.0 Å². The van der Waals surface area contributed by atoms with Crippen LogP contribution in [-0.2, 0) is 6.42 Å². The summed E-state index contributed by atoms with van der Waals surface area (Å²) in [7, 11) is 0. The van der Waals surface area contributed by atoms with Gasteiger partial charge in [0.15, 0.2) is 0 Å². The SMILES string of the molecule is CC1CN(C(=N)CCc2ccccc2Cl)N=C1c1ccccc1O.Cl. The standard InChI is InChI=1S/C19H20ClN3O.ClH/c1-13-12-23(22-19(13)15-7-3-5-9-17(15)24)18(21)11-10-14-6-2-4-8-16(14)20;/h2-9,13,21,24H,10-12H2,1H3;1H. The van der Waals surface area contributed by atoms with Crippen LogP contribution in [0.15, 0.2) is 53.6 Å². The molecule has 4 nitrogen and oxygen atoms in total. The molecule has 0 saturated heterocycles. The third-order valence-corrected chi connectivity index (χ3v) is 4.59. The molecule has 6 heteroatoms. The van der Waals surface area contributed by atoms with E-state index in [1.807, 2.05) is 36.4 Å². The average Bonchev–Trinajstić information content (AvgIpc) is 2.96. The molecule has 0 amide bonds. The van der Waals surface area contributed by atoms with Crippen molar-refractivity contribution in [2.24, 2.45) is 11.0 Å². The van der Waals surface area contributed by atoms with Gasteiger partial charge in [-0.3, -0.25) is 10.4 Å². The first-order chi connectivity index (χ1) is 11.6. The van der Waals surface area contributed by atoms with Crippen LogP contribution < -0.4 is 0 Å². The third-order valence-electron chi connectivity index (χ3n) is 4.22. The molecule has 0 saturated carbocycles. The van der Waals surface area contributed by atoms with E-state index in [0.29, 0.717) is 25.2 Å². The van der Waals surface area contributed by atoms with Crippen LogP contribution in [-0.4, -0.2) is 28.2 Å². The van der Waals surface area contributed by atoms with Gasteiger partial charge < -0.3 is 5.11 Å². The Morgan fingerprint density at radius 2 is 1.92 bits per heavy atom. The fraction of sp³-hybridized carbons (Fsp3) is 0.263. The van der Waals surface area contributed by atoms with Gasteiger partial charge in [-0.05, 0) is 30.2 Å². The minimum absolute atomic E-state index is 0. The Labute approximate surface area is 159 Å². The van der Waals surface area contributed by atoms with E-state index < -0.39 is 0 Å². The van der Waals surface area contributed by atoms with Gasteiger partial charge in [0, 0.05) is 22.9 Å². The molecule has 0 bridgehead atoms. The van der Waals surface area contributed by atoms with Gasteiger partial charge in [0.1, 0.15) is 11.6 Å². The van der Waals surface area contributed by atoms with E-state index in [9.17, 15) is 5.11 Å². The molecule has 0 spiro atoms. The molecule has 0 fully saturated rings. The monoisotopic (exact) mass is 377 g/mol. The molecule has 3 rings (SSSR count). The molecule has 25 heavy (non-hydrogen) atoms. The highest BCUT2D eigenvalue weighted by Gasteiger charge is 2.27. The van der Waals surface area contributed by atoms with Crippen molar-refractivity contribution in [3.8, 4) is 5.75 Å². The largest absolute Gasteiger partial charge is 0.507 e. The lowest BCUT2D eigenvalue weighted by molar-refractivity contribution is 0.443. The van der Waals surface area contributed by atoms with Gasteiger partial charge in [0.2, 0.25) is 0 Å². The van der Waals surface area contributed by atoms with E-state index in [4.69, 9.17) is 17.0 Å². The number of aromatic hydroxyl groups is 1. The summed E-state index contributed by atoms with van der Waals surface area (Å²) in [4.78, 5) is 0. The number of hydrogen-bond acceptors (Lipinski definition) is 3. The molecule has 1 atom stereocenters. The quantitative estimate of drug-likeness (QED) is 0.597. The first-order valence-corrected chi connectivity index (χ1v) is 8.39. The van der Waals surface area contributed by atoms with Gasteiger partial charge in [-0.1, -0.05) is 48.9 Å². The number of benzene rings is 2. The Balaban J connectivity index is 0.00000225. The number of halogens is 2. The molecule has 132 valence electrons. The zero-order chi connectivity index (χ0) is 17.1. The van der Waals surface area contributed by atoms with Crippen LogP contribution in [0, 0.1) is 11.3 Å². The van der Waals surface area contributed by atoms with Gasteiger partial charge in [-0.25, -0.2) is 0 Å². The Morgan fingerprint density at radius 1 is 1.24 bits per heavy atom. The van der Waals surface area contributed by atoms with E-state index >= 15 is 0 Å². The minimum Gasteiger partial charge on any atom is -0.507 e. The maximum atomic E-state index is 10.0. The van der Waals surface area contributed by atoms with Crippen molar-refractivity contribution in [3.63, 3.8) is 0 Å². The number of rotatable bonds is 4. The van der Waals surface area contributed by atoms with Crippen molar-refractivity contribution < 1.29 is 5.11 Å². The van der Waals surface area contributed by atoms with Crippen LogP contribution in [0.1, 0.15) is 24.5 Å². The topological polar surface area (TPSA) is 59.7 Å². The molecule has 2 aromatic carbocycles. The van der Waals surface area contributed by atoms with Crippen LogP contribution in [0.5, 0.6) is 5.75 Å².